The summed E-state index contributed by atoms with van der Waals surface area (Å²) in [5.74, 6) is 1.27. The minimum absolute atomic E-state index is 0.0351. The van der Waals surface area contributed by atoms with Crippen LogP contribution in [-0.2, 0) is 5.88 Å². The number of nitrogens with two attached hydrogens (primary N) is 1. The van der Waals surface area contributed by atoms with E-state index in [-0.39, 0.29) is 6.04 Å². The Hall–Kier alpha value is -0.730. The van der Waals surface area contributed by atoms with Gasteiger partial charge >= 0.3 is 0 Å². The molecular weight excluding hydrogens is 186 g/mol. The van der Waals surface area contributed by atoms with E-state index in [1.54, 1.807) is 7.11 Å². The normalized spacial score (nSPS) is 12.6. The molecule has 1 aromatic carbocycles. The Balaban J connectivity index is 3.05. The number of ether oxygens (including phenoxy) is 1. The maximum absolute atomic E-state index is 5.77. The summed E-state index contributed by atoms with van der Waals surface area (Å²) >= 11 is 5.77. The van der Waals surface area contributed by atoms with Gasteiger partial charge in [-0.1, -0.05) is 6.07 Å². The lowest BCUT2D eigenvalue weighted by atomic mass is 10.1. The minimum Gasteiger partial charge on any atom is -0.496 e. The fourth-order valence-electron chi connectivity index (χ4n) is 1.19. The quantitative estimate of drug-likeness (QED) is 0.760. The van der Waals surface area contributed by atoms with Gasteiger partial charge in [-0.2, -0.15) is 0 Å². The average Bonchev–Trinajstić information content (AvgIpc) is 2.16. The van der Waals surface area contributed by atoms with E-state index >= 15 is 0 Å². The highest BCUT2D eigenvalue weighted by molar-refractivity contribution is 6.17. The Morgan fingerprint density at radius 2 is 2.23 bits per heavy atom. The molecule has 0 aromatic heterocycles. The van der Waals surface area contributed by atoms with Gasteiger partial charge in [-0.05, 0) is 24.6 Å². The number of benzene rings is 1. The Morgan fingerprint density at radius 1 is 1.54 bits per heavy atom. The fraction of sp³-hybridized carbons (Fsp3) is 0.400. The van der Waals surface area contributed by atoms with Crippen molar-refractivity contribution in [2.75, 3.05) is 7.11 Å². The molecule has 0 bridgehead atoms. The first-order valence-corrected chi connectivity index (χ1v) is 4.71. The highest BCUT2D eigenvalue weighted by atomic mass is 35.5. The van der Waals surface area contributed by atoms with Gasteiger partial charge in [0.15, 0.2) is 0 Å². The lowest BCUT2D eigenvalue weighted by Gasteiger charge is -2.10. The number of hydrogen-bond donors (Lipinski definition) is 1. The molecule has 0 fully saturated rings. The van der Waals surface area contributed by atoms with E-state index in [0.29, 0.717) is 5.88 Å². The zero-order valence-corrected chi connectivity index (χ0v) is 8.64. The predicted molar refractivity (Wildman–Crippen MR) is 55.2 cm³/mol. The maximum Gasteiger partial charge on any atom is 0.123 e. The summed E-state index contributed by atoms with van der Waals surface area (Å²) in [7, 11) is 1.64. The lowest BCUT2D eigenvalue weighted by Crippen LogP contribution is -2.05. The molecule has 13 heavy (non-hydrogen) atoms. The van der Waals surface area contributed by atoms with E-state index in [9.17, 15) is 0 Å². The third-order valence-electron chi connectivity index (χ3n) is 1.97. The molecule has 0 spiro atoms. The second-order valence-electron chi connectivity index (χ2n) is 2.99. The van der Waals surface area contributed by atoms with Crippen LogP contribution < -0.4 is 10.5 Å². The van der Waals surface area contributed by atoms with Gasteiger partial charge in [-0.3, -0.25) is 0 Å². The maximum atomic E-state index is 5.77. The second-order valence-corrected chi connectivity index (χ2v) is 3.26. The van der Waals surface area contributed by atoms with Gasteiger partial charge in [0.25, 0.3) is 0 Å². The molecule has 0 aliphatic heterocycles. The molecule has 0 amide bonds. The standard InChI is InChI=1S/C10H14ClNO/c1-7(12)8-3-4-10(13-2)9(5-8)6-11/h3-5,7H,6,12H2,1-2H3/t7-/m0/s1. The Bertz CT molecular complexity index is 286. The SMILES string of the molecule is COc1ccc([C@H](C)N)cc1CCl. The zero-order chi connectivity index (χ0) is 9.84. The van der Waals surface area contributed by atoms with Gasteiger partial charge in [0.2, 0.25) is 0 Å². The van der Waals surface area contributed by atoms with Crippen molar-refractivity contribution in [3.63, 3.8) is 0 Å². The molecular formula is C10H14ClNO. The van der Waals surface area contributed by atoms with E-state index in [1.807, 2.05) is 25.1 Å². The molecule has 3 heteroatoms. The molecule has 0 aliphatic rings. The van der Waals surface area contributed by atoms with Crippen molar-refractivity contribution in [2.24, 2.45) is 5.73 Å². The van der Waals surface area contributed by atoms with Crippen LogP contribution in [0.5, 0.6) is 5.75 Å². The van der Waals surface area contributed by atoms with E-state index in [4.69, 9.17) is 22.1 Å². The summed E-state index contributed by atoms with van der Waals surface area (Å²) < 4.78 is 5.15. The first kappa shape index (κ1) is 10.4. The van der Waals surface area contributed by atoms with Crippen LogP contribution >= 0.6 is 11.6 Å². The van der Waals surface area contributed by atoms with Gasteiger partial charge in [0.1, 0.15) is 5.75 Å². The van der Waals surface area contributed by atoms with E-state index in [2.05, 4.69) is 0 Å². The van der Waals surface area contributed by atoms with Crippen LogP contribution in [0.3, 0.4) is 0 Å². The first-order chi connectivity index (χ1) is 6.19. The predicted octanol–water partition coefficient (Wildman–Crippen LogP) is 2.45. The topological polar surface area (TPSA) is 35.2 Å². The number of methoxy groups -OCH3 is 1. The van der Waals surface area contributed by atoms with E-state index in [1.165, 1.54) is 0 Å². The highest BCUT2D eigenvalue weighted by Gasteiger charge is 2.05. The molecule has 0 aliphatic carbocycles. The average molecular weight is 200 g/mol. The molecule has 0 radical (unpaired) electrons. The summed E-state index contributed by atoms with van der Waals surface area (Å²) in [6.45, 7) is 1.94. The number of rotatable bonds is 3. The number of halogens is 1. The first-order valence-electron chi connectivity index (χ1n) is 4.17. The third-order valence-corrected chi connectivity index (χ3v) is 2.26. The van der Waals surface area contributed by atoms with Gasteiger partial charge in [-0.15, -0.1) is 11.6 Å². The monoisotopic (exact) mass is 199 g/mol. The molecule has 0 heterocycles. The van der Waals surface area contributed by atoms with E-state index < -0.39 is 0 Å². The fourth-order valence-corrected chi connectivity index (χ4v) is 1.40. The summed E-state index contributed by atoms with van der Waals surface area (Å²) in [6, 6.07) is 5.87. The Morgan fingerprint density at radius 3 is 2.69 bits per heavy atom. The summed E-state index contributed by atoms with van der Waals surface area (Å²) in [5.41, 5.74) is 7.81. The van der Waals surface area contributed by atoms with Crippen LogP contribution in [0.1, 0.15) is 24.1 Å². The lowest BCUT2D eigenvalue weighted by molar-refractivity contribution is 0.411. The summed E-state index contributed by atoms with van der Waals surface area (Å²) in [4.78, 5) is 0. The van der Waals surface area contributed by atoms with Crippen molar-refractivity contribution < 1.29 is 4.74 Å². The van der Waals surface area contributed by atoms with Crippen LogP contribution in [0, 0.1) is 0 Å². The number of alkyl halides is 1. The van der Waals surface area contributed by atoms with Gasteiger partial charge in [-0.25, -0.2) is 0 Å². The van der Waals surface area contributed by atoms with Crippen LogP contribution in [0.25, 0.3) is 0 Å². The van der Waals surface area contributed by atoms with Crippen LogP contribution in [0.15, 0.2) is 18.2 Å². The highest BCUT2D eigenvalue weighted by Crippen LogP contribution is 2.23. The van der Waals surface area contributed by atoms with Crippen molar-refractivity contribution in [3.05, 3.63) is 29.3 Å². The van der Waals surface area contributed by atoms with Crippen LogP contribution in [-0.4, -0.2) is 7.11 Å². The molecule has 2 N–H and O–H groups in total. The third kappa shape index (κ3) is 2.36. The molecule has 1 atom stereocenters. The number of hydrogen-bond acceptors (Lipinski definition) is 2. The molecule has 0 saturated heterocycles. The molecule has 72 valence electrons. The van der Waals surface area contributed by atoms with E-state index in [0.717, 1.165) is 16.9 Å². The zero-order valence-electron chi connectivity index (χ0n) is 7.88. The van der Waals surface area contributed by atoms with Crippen LogP contribution in [0.2, 0.25) is 0 Å². The summed E-state index contributed by atoms with van der Waals surface area (Å²) in [6.07, 6.45) is 0. The second kappa shape index (κ2) is 4.49. The Labute approximate surface area is 83.6 Å². The van der Waals surface area contributed by atoms with Crippen molar-refractivity contribution in [1.29, 1.82) is 0 Å². The van der Waals surface area contributed by atoms with Gasteiger partial charge < -0.3 is 10.5 Å². The largest absolute Gasteiger partial charge is 0.496 e. The van der Waals surface area contributed by atoms with Crippen LogP contribution in [0.4, 0.5) is 0 Å². The molecule has 2 nitrogen and oxygen atoms in total. The van der Waals surface area contributed by atoms with Crippen molar-refractivity contribution in [3.8, 4) is 5.75 Å². The molecule has 1 rings (SSSR count). The molecule has 0 saturated carbocycles. The molecule has 0 unspecified atom stereocenters. The summed E-state index contributed by atoms with van der Waals surface area (Å²) in [5, 5.41) is 0. The van der Waals surface area contributed by atoms with Crippen molar-refractivity contribution in [2.45, 2.75) is 18.8 Å². The van der Waals surface area contributed by atoms with Crippen molar-refractivity contribution >= 4 is 11.6 Å². The smallest absolute Gasteiger partial charge is 0.123 e. The van der Waals surface area contributed by atoms with Crippen molar-refractivity contribution in [1.82, 2.24) is 0 Å². The van der Waals surface area contributed by atoms with Gasteiger partial charge in [0, 0.05) is 11.6 Å². The minimum atomic E-state index is 0.0351. The Kier molecular flexibility index (Phi) is 3.58. The molecule has 1 aromatic rings. The van der Waals surface area contributed by atoms with Gasteiger partial charge in [0.05, 0.1) is 13.0 Å².